The van der Waals surface area contributed by atoms with Crippen LogP contribution >= 0.6 is 0 Å². The zero-order chi connectivity index (χ0) is 15.3. The summed E-state index contributed by atoms with van der Waals surface area (Å²) >= 11 is 0. The van der Waals surface area contributed by atoms with Crippen LogP contribution in [-0.2, 0) is 19.4 Å². The Kier molecular flexibility index (Phi) is 9.92. The summed E-state index contributed by atoms with van der Waals surface area (Å²) < 4.78 is 0. The average Bonchev–Trinajstić information content (AvgIpc) is 2.41. The molecule has 0 saturated heterocycles. The Morgan fingerprint density at radius 2 is 1.43 bits per heavy atom. The van der Waals surface area contributed by atoms with Gasteiger partial charge in [0.25, 0.3) is 0 Å². The maximum absolute atomic E-state index is 11.4. The lowest BCUT2D eigenvalue weighted by Crippen LogP contribution is -2.25. The smallest absolute Gasteiger partial charge is 0.247 e. The normalized spacial score (nSPS) is 14.5. The number of unbranched alkanes of at least 4 members (excludes halogenated alkanes) is 8. The lowest BCUT2D eigenvalue weighted by atomic mass is 9.86. The first-order valence-electron chi connectivity index (χ1n) is 8.65. The number of hydrogen-bond donors (Lipinski definition) is 0. The van der Waals surface area contributed by atoms with Gasteiger partial charge in [0, 0.05) is 0 Å². The van der Waals surface area contributed by atoms with Crippen LogP contribution in [0.5, 0.6) is 0 Å². The number of rotatable bonds is 11. The van der Waals surface area contributed by atoms with Crippen molar-refractivity contribution < 1.29 is 19.4 Å². The second-order valence-electron chi connectivity index (χ2n) is 6.06. The molecule has 0 aromatic carbocycles. The molecule has 1 aliphatic rings. The van der Waals surface area contributed by atoms with Crippen molar-refractivity contribution in [3.8, 4) is 0 Å². The van der Waals surface area contributed by atoms with Crippen LogP contribution in [0.1, 0.15) is 90.4 Å². The second kappa shape index (κ2) is 11.6. The van der Waals surface area contributed by atoms with E-state index in [1.807, 2.05) is 0 Å². The van der Waals surface area contributed by atoms with Crippen LogP contribution in [0, 0.1) is 5.92 Å². The van der Waals surface area contributed by atoms with Gasteiger partial charge < -0.3 is 0 Å². The number of hydrogen-bond acceptors (Lipinski definition) is 4. The molecule has 122 valence electrons. The topological polar surface area (TPSA) is 52.6 Å². The molecular weight excluding hydrogens is 268 g/mol. The first kappa shape index (κ1) is 18.0. The van der Waals surface area contributed by atoms with Crippen molar-refractivity contribution in [3.05, 3.63) is 0 Å². The van der Waals surface area contributed by atoms with Crippen molar-refractivity contribution in [1.82, 2.24) is 0 Å². The van der Waals surface area contributed by atoms with Crippen molar-refractivity contribution in [1.29, 1.82) is 0 Å². The van der Waals surface area contributed by atoms with Crippen LogP contribution in [0.15, 0.2) is 0 Å². The van der Waals surface area contributed by atoms with E-state index in [2.05, 4.69) is 16.7 Å². The van der Waals surface area contributed by atoms with Crippen LogP contribution in [0.25, 0.3) is 0 Å². The van der Waals surface area contributed by atoms with Crippen molar-refractivity contribution in [2.45, 2.75) is 90.4 Å². The summed E-state index contributed by atoms with van der Waals surface area (Å²) in [7, 11) is 0. The summed E-state index contributed by atoms with van der Waals surface area (Å²) in [6.07, 6.45) is 14.0. The van der Waals surface area contributed by atoms with Crippen molar-refractivity contribution in [3.63, 3.8) is 0 Å². The van der Waals surface area contributed by atoms with Crippen LogP contribution < -0.4 is 0 Å². The fourth-order valence-electron chi connectivity index (χ4n) is 2.42. The summed E-state index contributed by atoms with van der Waals surface area (Å²) in [6.45, 7) is 2.22. The van der Waals surface area contributed by atoms with E-state index >= 15 is 0 Å². The molecule has 0 N–H and O–H groups in total. The summed E-state index contributed by atoms with van der Waals surface area (Å²) in [6, 6.07) is 0. The minimum absolute atomic E-state index is 0.0505. The van der Waals surface area contributed by atoms with Gasteiger partial charge in [-0.25, -0.2) is 19.4 Å². The molecule has 0 aromatic heterocycles. The molecule has 0 spiro atoms. The Hall–Kier alpha value is -1.06. The van der Waals surface area contributed by atoms with Gasteiger partial charge in [0.2, 0.25) is 0 Å². The van der Waals surface area contributed by atoms with Gasteiger partial charge in [-0.05, 0) is 19.3 Å². The molecular formula is C17H30O4. The summed E-state index contributed by atoms with van der Waals surface area (Å²) in [5.74, 6) is -0.863. The van der Waals surface area contributed by atoms with E-state index < -0.39 is 5.97 Å². The molecule has 1 fully saturated rings. The van der Waals surface area contributed by atoms with E-state index in [1.54, 1.807) is 0 Å². The first-order valence-corrected chi connectivity index (χ1v) is 8.65. The first-order chi connectivity index (χ1) is 10.2. The Bertz CT molecular complexity index is 297. The molecule has 1 saturated carbocycles. The maximum Gasteiger partial charge on any atom is 0.358 e. The van der Waals surface area contributed by atoms with Crippen LogP contribution in [0.2, 0.25) is 0 Å². The largest absolute Gasteiger partial charge is 0.358 e. The van der Waals surface area contributed by atoms with E-state index in [4.69, 9.17) is 0 Å². The maximum atomic E-state index is 11.4. The van der Waals surface area contributed by atoms with Gasteiger partial charge in [-0.3, -0.25) is 0 Å². The summed E-state index contributed by atoms with van der Waals surface area (Å²) in [5.41, 5.74) is 0. The second-order valence-corrected chi connectivity index (χ2v) is 6.06. The van der Waals surface area contributed by atoms with Crippen LogP contribution in [0.4, 0.5) is 0 Å². The van der Waals surface area contributed by atoms with Gasteiger partial charge in [-0.1, -0.05) is 64.7 Å². The molecule has 0 aromatic rings. The van der Waals surface area contributed by atoms with Gasteiger partial charge >= 0.3 is 11.9 Å². The molecule has 0 amide bonds. The van der Waals surface area contributed by atoms with Crippen LogP contribution in [0.3, 0.4) is 0 Å². The third-order valence-electron chi connectivity index (χ3n) is 4.14. The van der Waals surface area contributed by atoms with E-state index in [0.29, 0.717) is 6.42 Å². The Balaban J connectivity index is 1.83. The van der Waals surface area contributed by atoms with E-state index in [0.717, 1.165) is 32.1 Å². The molecule has 1 rings (SSSR count). The van der Waals surface area contributed by atoms with E-state index in [-0.39, 0.29) is 11.9 Å². The minimum atomic E-state index is -0.425. The zero-order valence-electron chi connectivity index (χ0n) is 13.4. The number of carbonyl (C=O) groups is 2. The van der Waals surface area contributed by atoms with Crippen molar-refractivity contribution in [2.75, 3.05) is 0 Å². The predicted molar refractivity (Wildman–Crippen MR) is 81.4 cm³/mol. The van der Waals surface area contributed by atoms with E-state index in [1.165, 1.54) is 44.9 Å². The van der Waals surface area contributed by atoms with Crippen molar-refractivity contribution in [2.24, 2.45) is 5.92 Å². The van der Waals surface area contributed by atoms with Gasteiger partial charge in [0.1, 0.15) is 0 Å². The molecule has 0 heterocycles. The Labute approximate surface area is 128 Å². The fourth-order valence-corrected chi connectivity index (χ4v) is 2.42. The van der Waals surface area contributed by atoms with Gasteiger partial charge in [-0.15, -0.1) is 0 Å². The highest BCUT2D eigenvalue weighted by atomic mass is 17.2. The third kappa shape index (κ3) is 8.74. The summed E-state index contributed by atoms with van der Waals surface area (Å²) in [4.78, 5) is 31.8. The van der Waals surface area contributed by atoms with Crippen molar-refractivity contribution >= 4 is 11.9 Å². The Morgan fingerprint density at radius 1 is 0.857 bits per heavy atom. The summed E-state index contributed by atoms with van der Waals surface area (Å²) in [5, 5.41) is 0. The highest BCUT2D eigenvalue weighted by Crippen LogP contribution is 2.27. The lowest BCUT2D eigenvalue weighted by Gasteiger charge is -2.21. The van der Waals surface area contributed by atoms with Crippen LogP contribution in [-0.4, -0.2) is 11.9 Å². The average molecular weight is 298 g/mol. The molecule has 0 radical (unpaired) electrons. The molecule has 4 nitrogen and oxygen atoms in total. The Morgan fingerprint density at radius 3 is 1.95 bits per heavy atom. The predicted octanol–water partition coefficient (Wildman–Crippen LogP) is 4.71. The molecule has 1 aliphatic carbocycles. The molecule has 0 aliphatic heterocycles. The molecule has 4 heteroatoms. The highest BCUT2D eigenvalue weighted by molar-refractivity contribution is 5.75. The van der Waals surface area contributed by atoms with Gasteiger partial charge in [0.05, 0.1) is 12.3 Å². The standard InChI is InChI=1S/C17H30O4/c1-2-3-4-5-6-7-8-9-10-14-16(18)20-21-17(19)15-12-11-13-15/h15H,2-14H2,1H3. The molecule has 21 heavy (non-hydrogen) atoms. The zero-order valence-corrected chi connectivity index (χ0v) is 13.4. The quantitative estimate of drug-likeness (QED) is 0.315. The molecule has 0 atom stereocenters. The SMILES string of the molecule is CCCCCCCCCCCC(=O)OOC(=O)C1CCC1. The highest BCUT2D eigenvalue weighted by Gasteiger charge is 2.28. The third-order valence-corrected chi connectivity index (χ3v) is 4.14. The van der Waals surface area contributed by atoms with E-state index in [9.17, 15) is 9.59 Å². The monoisotopic (exact) mass is 298 g/mol. The lowest BCUT2D eigenvalue weighted by molar-refractivity contribution is -0.263. The molecule has 0 unspecified atom stereocenters. The van der Waals surface area contributed by atoms with Gasteiger partial charge in [-0.2, -0.15) is 0 Å². The van der Waals surface area contributed by atoms with Gasteiger partial charge in [0.15, 0.2) is 0 Å². The fraction of sp³-hybridized carbons (Fsp3) is 0.882. The minimum Gasteiger partial charge on any atom is -0.247 e. The number of carbonyl (C=O) groups excluding carboxylic acids is 2. The molecule has 0 bridgehead atoms.